The third-order valence-electron chi connectivity index (χ3n) is 3.34. The minimum absolute atomic E-state index is 0.0914. The Bertz CT molecular complexity index is 427. The maximum Gasteiger partial charge on any atom is 0.407 e. The molecule has 8 nitrogen and oxygen atoms in total. The van der Waals surface area contributed by atoms with Crippen molar-refractivity contribution in [1.82, 2.24) is 15.5 Å². The topological polar surface area (TPSA) is 108 Å². The molecule has 0 aromatic rings. The minimum atomic E-state index is -1.12. The van der Waals surface area contributed by atoms with Gasteiger partial charge in [0.15, 0.2) is 0 Å². The highest BCUT2D eigenvalue weighted by Gasteiger charge is 2.24. The summed E-state index contributed by atoms with van der Waals surface area (Å²) in [7, 11) is 0. The molecular formula is C15H27N3O5. The minimum Gasteiger partial charge on any atom is -0.480 e. The maximum atomic E-state index is 12.0. The largest absolute Gasteiger partial charge is 0.480 e. The van der Waals surface area contributed by atoms with Gasteiger partial charge in [0, 0.05) is 19.6 Å². The smallest absolute Gasteiger partial charge is 0.407 e. The van der Waals surface area contributed by atoms with Crippen molar-refractivity contribution in [2.75, 3.05) is 19.6 Å². The number of nitrogens with one attached hydrogen (secondary N) is 2. The number of carboxylic acids is 1. The van der Waals surface area contributed by atoms with Gasteiger partial charge in [-0.3, -0.25) is 0 Å². The molecule has 3 N–H and O–H groups in total. The lowest BCUT2D eigenvalue weighted by Crippen LogP contribution is -2.50. The van der Waals surface area contributed by atoms with E-state index in [9.17, 15) is 19.5 Å². The highest BCUT2D eigenvalue weighted by Crippen LogP contribution is 2.09. The normalized spacial score (nSPS) is 16.4. The van der Waals surface area contributed by atoms with Crippen LogP contribution in [0.1, 0.15) is 46.5 Å². The van der Waals surface area contributed by atoms with E-state index in [0.29, 0.717) is 13.1 Å². The van der Waals surface area contributed by atoms with Crippen LogP contribution in [0.3, 0.4) is 0 Å². The molecule has 1 unspecified atom stereocenters. The van der Waals surface area contributed by atoms with Crippen molar-refractivity contribution >= 4 is 18.1 Å². The van der Waals surface area contributed by atoms with Crippen molar-refractivity contribution < 1.29 is 24.2 Å². The zero-order chi connectivity index (χ0) is 17.5. The Balaban J connectivity index is 2.38. The SMILES string of the molecule is CC(C)(C)OC(=O)NCCC(NC(=O)N1CCCCC1)C(=O)O. The number of amides is 3. The van der Waals surface area contributed by atoms with E-state index < -0.39 is 23.7 Å². The summed E-state index contributed by atoms with van der Waals surface area (Å²) in [6.07, 6.45) is 2.44. The molecule has 0 spiro atoms. The van der Waals surface area contributed by atoms with E-state index in [-0.39, 0.29) is 19.0 Å². The summed E-state index contributed by atoms with van der Waals surface area (Å²) >= 11 is 0. The molecule has 1 saturated heterocycles. The lowest BCUT2D eigenvalue weighted by atomic mass is 10.1. The highest BCUT2D eigenvalue weighted by molar-refractivity contribution is 5.82. The van der Waals surface area contributed by atoms with Gasteiger partial charge in [-0.05, 0) is 46.5 Å². The van der Waals surface area contributed by atoms with Crippen LogP contribution in [-0.4, -0.2) is 59.4 Å². The van der Waals surface area contributed by atoms with Crippen molar-refractivity contribution in [2.24, 2.45) is 0 Å². The average Bonchev–Trinajstić information content (AvgIpc) is 2.45. The fourth-order valence-corrected chi connectivity index (χ4v) is 2.23. The number of urea groups is 1. The quantitative estimate of drug-likeness (QED) is 0.709. The number of carboxylic acid groups (broad SMARTS) is 1. The summed E-state index contributed by atoms with van der Waals surface area (Å²) in [5.41, 5.74) is -0.612. The van der Waals surface area contributed by atoms with Crippen LogP contribution < -0.4 is 10.6 Å². The molecule has 0 aliphatic carbocycles. The van der Waals surface area contributed by atoms with E-state index in [2.05, 4.69) is 10.6 Å². The monoisotopic (exact) mass is 329 g/mol. The number of alkyl carbamates (subject to hydrolysis) is 1. The predicted octanol–water partition coefficient (Wildman–Crippen LogP) is 1.55. The van der Waals surface area contributed by atoms with Crippen LogP contribution in [0, 0.1) is 0 Å². The van der Waals surface area contributed by atoms with Gasteiger partial charge >= 0.3 is 18.1 Å². The molecule has 1 atom stereocenters. The van der Waals surface area contributed by atoms with Crippen LogP contribution in [0.25, 0.3) is 0 Å². The zero-order valence-electron chi connectivity index (χ0n) is 14.1. The third kappa shape index (κ3) is 7.71. The van der Waals surface area contributed by atoms with E-state index in [0.717, 1.165) is 19.3 Å². The van der Waals surface area contributed by atoms with Crippen LogP contribution >= 0.6 is 0 Å². The number of ether oxygens (including phenoxy) is 1. The number of rotatable bonds is 5. The van der Waals surface area contributed by atoms with Gasteiger partial charge in [0.2, 0.25) is 0 Å². The van der Waals surface area contributed by atoms with E-state index >= 15 is 0 Å². The highest BCUT2D eigenvalue weighted by atomic mass is 16.6. The van der Waals surface area contributed by atoms with Crippen LogP contribution in [0.15, 0.2) is 0 Å². The second-order valence-corrected chi connectivity index (χ2v) is 6.61. The standard InChI is InChI=1S/C15H27N3O5/c1-15(2,3)23-14(22)16-8-7-11(12(19)20)17-13(21)18-9-5-4-6-10-18/h11H,4-10H2,1-3H3,(H,16,22)(H,17,21)(H,19,20). The van der Waals surface area contributed by atoms with Crippen LogP contribution in [0.4, 0.5) is 9.59 Å². The molecule has 0 radical (unpaired) electrons. The number of likely N-dealkylation sites (tertiary alicyclic amines) is 1. The molecule has 0 bridgehead atoms. The molecule has 3 amide bonds. The first-order valence-corrected chi connectivity index (χ1v) is 7.94. The number of carbonyl (C=O) groups excluding carboxylic acids is 2. The fraction of sp³-hybridized carbons (Fsp3) is 0.800. The van der Waals surface area contributed by atoms with Gasteiger partial charge in [-0.2, -0.15) is 0 Å². The molecule has 23 heavy (non-hydrogen) atoms. The second kappa shape index (κ2) is 8.59. The van der Waals surface area contributed by atoms with Gasteiger partial charge in [-0.25, -0.2) is 14.4 Å². The molecular weight excluding hydrogens is 302 g/mol. The van der Waals surface area contributed by atoms with Crippen molar-refractivity contribution in [3.05, 3.63) is 0 Å². The van der Waals surface area contributed by atoms with Crippen LogP contribution in [0.5, 0.6) is 0 Å². The molecule has 1 heterocycles. The number of aliphatic carboxylic acids is 1. The molecule has 1 aliphatic heterocycles. The van der Waals surface area contributed by atoms with E-state index in [1.807, 2.05) is 0 Å². The van der Waals surface area contributed by atoms with Crippen molar-refractivity contribution in [1.29, 1.82) is 0 Å². The number of hydrogen-bond acceptors (Lipinski definition) is 4. The summed E-state index contributed by atoms with van der Waals surface area (Å²) < 4.78 is 5.06. The summed E-state index contributed by atoms with van der Waals surface area (Å²) in [4.78, 5) is 36.4. The molecule has 1 fully saturated rings. The van der Waals surface area contributed by atoms with Gasteiger partial charge in [-0.15, -0.1) is 0 Å². The van der Waals surface area contributed by atoms with E-state index in [4.69, 9.17) is 4.74 Å². The van der Waals surface area contributed by atoms with Crippen LogP contribution in [0.2, 0.25) is 0 Å². The predicted molar refractivity (Wildman–Crippen MR) is 84.2 cm³/mol. The molecule has 1 rings (SSSR count). The molecule has 132 valence electrons. The number of nitrogens with zero attached hydrogens (tertiary/aromatic N) is 1. The fourth-order valence-electron chi connectivity index (χ4n) is 2.23. The number of hydrogen-bond donors (Lipinski definition) is 3. The van der Waals surface area contributed by atoms with Crippen molar-refractivity contribution in [3.8, 4) is 0 Å². The Hall–Kier alpha value is -1.99. The maximum absolute atomic E-state index is 12.0. The number of carbonyl (C=O) groups is 3. The molecule has 0 saturated carbocycles. The Kier molecular flexibility index (Phi) is 7.12. The molecule has 0 aromatic carbocycles. The van der Waals surface area contributed by atoms with E-state index in [1.165, 1.54) is 0 Å². The van der Waals surface area contributed by atoms with Gasteiger partial charge in [0.1, 0.15) is 11.6 Å². The average molecular weight is 329 g/mol. The summed E-state index contributed by atoms with van der Waals surface area (Å²) in [5, 5.41) is 14.2. The van der Waals surface area contributed by atoms with Crippen molar-refractivity contribution in [3.63, 3.8) is 0 Å². The molecule has 0 aromatic heterocycles. The Labute approximate surface area is 136 Å². The van der Waals surface area contributed by atoms with Gasteiger partial charge in [-0.1, -0.05) is 0 Å². The molecule has 1 aliphatic rings. The Morgan fingerprint density at radius 1 is 1.17 bits per heavy atom. The van der Waals surface area contributed by atoms with Gasteiger partial charge in [0.25, 0.3) is 0 Å². The summed E-state index contributed by atoms with van der Waals surface area (Å²) in [6.45, 7) is 6.62. The summed E-state index contributed by atoms with van der Waals surface area (Å²) in [6, 6.07) is -1.41. The number of piperidine rings is 1. The lowest BCUT2D eigenvalue weighted by Gasteiger charge is -2.28. The van der Waals surface area contributed by atoms with Gasteiger partial charge < -0.3 is 25.4 Å². The zero-order valence-corrected chi connectivity index (χ0v) is 14.1. The third-order valence-corrected chi connectivity index (χ3v) is 3.34. The summed E-state index contributed by atoms with van der Waals surface area (Å²) in [5.74, 6) is -1.12. The van der Waals surface area contributed by atoms with E-state index in [1.54, 1.807) is 25.7 Å². The Morgan fingerprint density at radius 2 is 1.78 bits per heavy atom. The van der Waals surface area contributed by atoms with Crippen molar-refractivity contribution in [2.45, 2.75) is 58.1 Å². The van der Waals surface area contributed by atoms with Crippen LogP contribution in [-0.2, 0) is 9.53 Å². The molecule has 8 heteroatoms. The first kappa shape index (κ1) is 19.1. The Morgan fingerprint density at radius 3 is 2.30 bits per heavy atom. The first-order valence-electron chi connectivity index (χ1n) is 7.94. The second-order valence-electron chi connectivity index (χ2n) is 6.61. The first-order chi connectivity index (χ1) is 10.7. The van der Waals surface area contributed by atoms with Gasteiger partial charge in [0.05, 0.1) is 0 Å². The lowest BCUT2D eigenvalue weighted by molar-refractivity contribution is -0.139.